The summed E-state index contributed by atoms with van der Waals surface area (Å²) >= 11 is 0. The van der Waals surface area contributed by atoms with Gasteiger partial charge in [-0.05, 0) is 37.1 Å². The van der Waals surface area contributed by atoms with Crippen LogP contribution in [0.25, 0.3) is 11.0 Å². The van der Waals surface area contributed by atoms with Crippen molar-refractivity contribution in [3.05, 3.63) is 65.5 Å². The molecular weight excluding hydrogens is 406 g/mol. The number of nitrogens with zero attached hydrogens (tertiary/aromatic N) is 4. The van der Waals surface area contributed by atoms with Gasteiger partial charge in [-0.15, -0.1) is 0 Å². The van der Waals surface area contributed by atoms with Crippen molar-refractivity contribution in [1.29, 1.82) is 0 Å². The summed E-state index contributed by atoms with van der Waals surface area (Å²) in [4.78, 5) is 33.8. The van der Waals surface area contributed by atoms with Crippen molar-refractivity contribution in [3.63, 3.8) is 0 Å². The van der Waals surface area contributed by atoms with Crippen LogP contribution in [0.3, 0.4) is 0 Å². The zero-order valence-electron chi connectivity index (χ0n) is 18.3. The zero-order valence-corrected chi connectivity index (χ0v) is 18.3. The summed E-state index contributed by atoms with van der Waals surface area (Å²) in [5, 5.41) is 9.28. The Morgan fingerprint density at radius 2 is 1.91 bits per heavy atom. The van der Waals surface area contributed by atoms with Crippen LogP contribution in [-0.2, 0) is 17.8 Å². The van der Waals surface area contributed by atoms with E-state index >= 15 is 0 Å². The van der Waals surface area contributed by atoms with E-state index in [9.17, 15) is 14.7 Å². The molecule has 8 nitrogen and oxygen atoms in total. The number of imidazole rings is 1. The third-order valence-corrected chi connectivity index (χ3v) is 6.12. The predicted octanol–water partition coefficient (Wildman–Crippen LogP) is 1.19. The van der Waals surface area contributed by atoms with E-state index < -0.39 is 11.9 Å². The number of rotatable bonds is 7. The summed E-state index contributed by atoms with van der Waals surface area (Å²) < 4.78 is 1.92. The quantitative estimate of drug-likeness (QED) is 0.580. The van der Waals surface area contributed by atoms with Crippen molar-refractivity contribution in [2.45, 2.75) is 25.9 Å². The summed E-state index contributed by atoms with van der Waals surface area (Å²) in [5.74, 6) is 0.0698. The number of aliphatic hydroxyl groups is 1. The molecule has 1 fully saturated rings. The first-order valence-corrected chi connectivity index (χ1v) is 10.9. The molecule has 168 valence electrons. The Morgan fingerprint density at radius 3 is 2.62 bits per heavy atom. The smallest absolute Gasteiger partial charge is 0.254 e. The normalized spacial score (nSPS) is 17.1. The van der Waals surface area contributed by atoms with E-state index in [1.807, 2.05) is 35.8 Å². The predicted molar refractivity (Wildman–Crippen MR) is 122 cm³/mol. The number of aromatic nitrogens is 2. The molecule has 32 heavy (non-hydrogen) atoms. The molecule has 0 spiro atoms. The summed E-state index contributed by atoms with van der Waals surface area (Å²) in [6.07, 6.45) is 0.882. The molecule has 2 aromatic carbocycles. The number of hydrogen-bond acceptors (Lipinski definition) is 5. The minimum Gasteiger partial charge on any atom is -0.395 e. The summed E-state index contributed by atoms with van der Waals surface area (Å²) in [6.45, 7) is 4.71. The van der Waals surface area contributed by atoms with Gasteiger partial charge in [0.1, 0.15) is 11.9 Å². The van der Waals surface area contributed by atoms with Crippen LogP contribution >= 0.6 is 0 Å². The molecule has 1 aromatic heterocycles. The fourth-order valence-corrected chi connectivity index (χ4v) is 4.39. The number of primary amides is 1. The molecule has 1 saturated heterocycles. The number of carbonyl (C=O) groups excluding carboxylic acids is 2. The summed E-state index contributed by atoms with van der Waals surface area (Å²) in [6, 6.07) is 14.9. The van der Waals surface area contributed by atoms with Crippen molar-refractivity contribution < 1.29 is 14.7 Å². The second kappa shape index (κ2) is 9.50. The second-order valence-corrected chi connectivity index (χ2v) is 8.19. The molecule has 3 N–H and O–H groups in total. The number of benzene rings is 2. The van der Waals surface area contributed by atoms with Gasteiger partial charge in [0.2, 0.25) is 5.91 Å². The maximum Gasteiger partial charge on any atom is 0.254 e. The molecule has 0 bridgehead atoms. The highest BCUT2D eigenvalue weighted by Gasteiger charge is 2.34. The molecule has 1 unspecified atom stereocenters. The number of piperazine rings is 1. The Labute approximate surface area is 187 Å². The first-order valence-electron chi connectivity index (χ1n) is 10.9. The number of aliphatic hydroxyl groups excluding tert-OH is 1. The minimum absolute atomic E-state index is 0.0157. The monoisotopic (exact) mass is 435 g/mol. The first kappa shape index (κ1) is 22.0. The highest BCUT2D eigenvalue weighted by molar-refractivity contribution is 6.00. The molecule has 1 aliphatic rings. The standard InChI is InChI=1S/C24H29N5O3/c1-17-26-20-15-19(7-8-21(20)28(17)13-14-30)24(32)29-12-11-27(16-22(29)23(25)31)10-9-18-5-3-2-4-6-18/h2-8,15,22,30H,9-14,16H2,1H3,(H2,25,31). The zero-order chi connectivity index (χ0) is 22.7. The van der Waals surface area contributed by atoms with Crippen LogP contribution in [0.15, 0.2) is 48.5 Å². The largest absolute Gasteiger partial charge is 0.395 e. The minimum atomic E-state index is -0.670. The molecule has 0 radical (unpaired) electrons. The number of nitrogens with two attached hydrogens (primary N) is 1. The van der Waals surface area contributed by atoms with Crippen molar-refractivity contribution in [1.82, 2.24) is 19.4 Å². The van der Waals surface area contributed by atoms with Crippen LogP contribution in [0.1, 0.15) is 21.7 Å². The topological polar surface area (TPSA) is 105 Å². The SMILES string of the molecule is Cc1nc2cc(C(=O)N3CCN(CCc4ccccc4)CC3C(N)=O)ccc2n1CCO. The van der Waals surface area contributed by atoms with Crippen molar-refractivity contribution in [2.24, 2.45) is 5.73 Å². The van der Waals surface area contributed by atoms with E-state index in [0.717, 1.165) is 24.3 Å². The van der Waals surface area contributed by atoms with E-state index in [0.29, 0.717) is 37.3 Å². The average molecular weight is 436 g/mol. The molecule has 0 saturated carbocycles. The Balaban J connectivity index is 1.48. The molecule has 8 heteroatoms. The maximum atomic E-state index is 13.3. The van der Waals surface area contributed by atoms with Gasteiger partial charge in [-0.3, -0.25) is 14.5 Å². The number of hydrogen-bond donors (Lipinski definition) is 2. The Bertz CT molecular complexity index is 1110. The van der Waals surface area contributed by atoms with Crippen molar-refractivity contribution in [2.75, 3.05) is 32.8 Å². The highest BCUT2D eigenvalue weighted by atomic mass is 16.3. The van der Waals surface area contributed by atoms with Gasteiger partial charge in [-0.2, -0.15) is 0 Å². The van der Waals surface area contributed by atoms with Crippen LogP contribution in [0, 0.1) is 6.92 Å². The van der Waals surface area contributed by atoms with Gasteiger partial charge in [0.25, 0.3) is 5.91 Å². The fraction of sp³-hybridized carbons (Fsp3) is 0.375. The van der Waals surface area contributed by atoms with Crippen LogP contribution in [-0.4, -0.2) is 75.1 Å². The molecule has 2 heterocycles. The third-order valence-electron chi connectivity index (χ3n) is 6.12. The Hall–Kier alpha value is -3.23. The van der Waals surface area contributed by atoms with Gasteiger partial charge in [-0.1, -0.05) is 30.3 Å². The van der Waals surface area contributed by atoms with Gasteiger partial charge in [0, 0.05) is 38.3 Å². The van der Waals surface area contributed by atoms with Crippen LogP contribution in [0.4, 0.5) is 0 Å². The molecular formula is C24H29N5O3. The molecule has 0 aliphatic carbocycles. The number of amides is 2. The summed E-state index contributed by atoms with van der Waals surface area (Å²) in [5.41, 5.74) is 8.97. The fourth-order valence-electron chi connectivity index (χ4n) is 4.39. The molecule has 1 aliphatic heterocycles. The highest BCUT2D eigenvalue weighted by Crippen LogP contribution is 2.21. The molecule has 1 atom stereocenters. The van der Waals surface area contributed by atoms with Crippen LogP contribution in [0.2, 0.25) is 0 Å². The molecule has 4 rings (SSSR count). The lowest BCUT2D eigenvalue weighted by Gasteiger charge is -2.40. The summed E-state index contributed by atoms with van der Waals surface area (Å²) in [7, 11) is 0. The lowest BCUT2D eigenvalue weighted by molar-refractivity contribution is -0.124. The van der Waals surface area contributed by atoms with E-state index in [2.05, 4.69) is 22.0 Å². The molecule has 3 aromatic rings. The maximum absolute atomic E-state index is 13.3. The van der Waals surface area contributed by atoms with Gasteiger partial charge in [-0.25, -0.2) is 4.98 Å². The van der Waals surface area contributed by atoms with E-state index in [1.165, 1.54) is 5.56 Å². The van der Waals surface area contributed by atoms with Gasteiger partial charge >= 0.3 is 0 Å². The third kappa shape index (κ3) is 4.51. The van der Waals surface area contributed by atoms with E-state index in [4.69, 9.17) is 5.73 Å². The molecule has 2 amide bonds. The van der Waals surface area contributed by atoms with Crippen molar-refractivity contribution >= 4 is 22.8 Å². The first-order chi connectivity index (χ1) is 15.5. The average Bonchev–Trinajstić information content (AvgIpc) is 3.12. The van der Waals surface area contributed by atoms with Gasteiger partial charge < -0.3 is 20.3 Å². The van der Waals surface area contributed by atoms with Gasteiger partial charge in [0.15, 0.2) is 0 Å². The second-order valence-electron chi connectivity index (χ2n) is 8.19. The van der Waals surface area contributed by atoms with Crippen molar-refractivity contribution in [3.8, 4) is 0 Å². The van der Waals surface area contributed by atoms with Crippen LogP contribution < -0.4 is 5.73 Å². The van der Waals surface area contributed by atoms with Crippen LogP contribution in [0.5, 0.6) is 0 Å². The van der Waals surface area contributed by atoms with E-state index in [1.54, 1.807) is 17.0 Å². The number of fused-ring (bicyclic) bond motifs is 1. The Morgan fingerprint density at radius 1 is 1.12 bits per heavy atom. The Kier molecular flexibility index (Phi) is 6.53. The van der Waals surface area contributed by atoms with E-state index in [-0.39, 0.29) is 12.5 Å². The lowest BCUT2D eigenvalue weighted by atomic mass is 10.1. The number of carbonyl (C=O) groups is 2. The van der Waals surface area contributed by atoms with Gasteiger partial charge in [0.05, 0.1) is 17.6 Å². The lowest BCUT2D eigenvalue weighted by Crippen LogP contribution is -2.60. The number of aryl methyl sites for hydroxylation is 1.